The predicted molar refractivity (Wildman–Crippen MR) is 135 cm³/mol. The third kappa shape index (κ3) is 4.40. The monoisotopic (exact) mass is 446 g/mol. The largest absolute Gasteiger partial charge is 0.508 e. The second kappa shape index (κ2) is 9.02. The van der Waals surface area contributed by atoms with Crippen molar-refractivity contribution in [2.45, 2.75) is 58.9 Å². The van der Waals surface area contributed by atoms with E-state index >= 15 is 0 Å². The van der Waals surface area contributed by atoms with Crippen molar-refractivity contribution in [3.8, 4) is 5.75 Å². The van der Waals surface area contributed by atoms with Crippen LogP contribution >= 0.6 is 0 Å². The summed E-state index contributed by atoms with van der Waals surface area (Å²) in [6.45, 7) is 9.75. The number of nitrogens with zero attached hydrogens (tertiary/aromatic N) is 3. The molecule has 0 aliphatic heterocycles. The highest BCUT2D eigenvalue weighted by Crippen LogP contribution is 2.34. The van der Waals surface area contributed by atoms with E-state index in [2.05, 4.69) is 42.5 Å². The maximum Gasteiger partial charge on any atom is 0.152 e. The molecule has 0 fully saturated rings. The summed E-state index contributed by atoms with van der Waals surface area (Å²) in [5.41, 5.74) is 12.1. The summed E-state index contributed by atoms with van der Waals surface area (Å²) in [6.07, 6.45) is 3.01. The van der Waals surface area contributed by atoms with Crippen LogP contribution in [0.1, 0.15) is 56.1 Å². The number of phenolic OH excluding ortho intramolecular Hbond substituents is 1. The minimum atomic E-state index is -0.138. The molecule has 0 saturated carbocycles. The molecule has 2 heterocycles. The molecule has 33 heavy (non-hydrogen) atoms. The van der Waals surface area contributed by atoms with Crippen LogP contribution in [0, 0.1) is 6.92 Å². The Morgan fingerprint density at radius 1 is 1.12 bits per heavy atom. The lowest BCUT2D eigenvalue weighted by Crippen LogP contribution is -2.23. The number of imidazole rings is 1. The smallest absolute Gasteiger partial charge is 0.152 e. The zero-order valence-electron chi connectivity index (χ0n) is 20.3. The minimum Gasteiger partial charge on any atom is -0.508 e. The lowest BCUT2D eigenvalue weighted by atomic mass is 9.85. The van der Waals surface area contributed by atoms with Crippen LogP contribution in [0.3, 0.4) is 0 Å². The number of benzene rings is 2. The fourth-order valence-corrected chi connectivity index (χ4v) is 4.52. The number of aryl methyl sites for hydroxylation is 2. The fraction of sp³-hybridized carbons (Fsp3) is 0.407. The number of hydrogen-bond acceptors (Lipinski definition) is 5. The van der Waals surface area contributed by atoms with Crippen molar-refractivity contribution in [2.24, 2.45) is 0 Å². The van der Waals surface area contributed by atoms with Gasteiger partial charge < -0.3 is 20.1 Å². The minimum absolute atomic E-state index is 0.138. The molecule has 0 atom stereocenters. The highest BCUT2D eigenvalue weighted by atomic mass is 16.5. The zero-order valence-corrected chi connectivity index (χ0v) is 20.3. The van der Waals surface area contributed by atoms with E-state index in [1.165, 1.54) is 5.56 Å². The zero-order chi connectivity index (χ0) is 23.8. The van der Waals surface area contributed by atoms with Crippen molar-refractivity contribution < 1.29 is 9.84 Å². The van der Waals surface area contributed by atoms with Crippen molar-refractivity contribution in [2.75, 3.05) is 19.5 Å². The molecule has 0 radical (unpaired) electrons. The van der Waals surface area contributed by atoms with Crippen LogP contribution < -0.4 is 5.73 Å². The number of aromatic nitrogens is 3. The van der Waals surface area contributed by atoms with E-state index in [0.29, 0.717) is 24.7 Å². The first-order chi connectivity index (χ1) is 15.7. The molecule has 2 aromatic carbocycles. The Bertz CT molecular complexity index is 1310. The Balaban J connectivity index is 1.98. The van der Waals surface area contributed by atoms with E-state index in [1.807, 2.05) is 25.1 Å². The van der Waals surface area contributed by atoms with Crippen molar-refractivity contribution in [1.29, 1.82) is 0 Å². The van der Waals surface area contributed by atoms with E-state index in [-0.39, 0.29) is 5.41 Å². The molecule has 0 amide bonds. The molecule has 4 rings (SSSR count). The van der Waals surface area contributed by atoms with Gasteiger partial charge in [0, 0.05) is 30.9 Å². The van der Waals surface area contributed by atoms with Gasteiger partial charge in [0.25, 0.3) is 0 Å². The number of anilines is 1. The molecule has 2 aromatic heterocycles. The number of ether oxygens (including phenoxy) is 1. The van der Waals surface area contributed by atoms with E-state index < -0.39 is 0 Å². The summed E-state index contributed by atoms with van der Waals surface area (Å²) < 4.78 is 7.76. The maximum absolute atomic E-state index is 9.99. The van der Waals surface area contributed by atoms with Crippen LogP contribution in [-0.2, 0) is 23.1 Å². The van der Waals surface area contributed by atoms with Gasteiger partial charge in [-0.2, -0.15) is 0 Å². The number of phenols is 1. The van der Waals surface area contributed by atoms with Gasteiger partial charge in [-0.15, -0.1) is 0 Å². The average Bonchev–Trinajstić information content (AvgIpc) is 3.13. The maximum atomic E-state index is 9.99. The number of hydrogen-bond donors (Lipinski definition) is 2. The average molecular weight is 447 g/mol. The van der Waals surface area contributed by atoms with Crippen molar-refractivity contribution >= 4 is 27.8 Å². The van der Waals surface area contributed by atoms with E-state index in [0.717, 1.165) is 58.2 Å². The molecule has 6 nitrogen and oxygen atoms in total. The van der Waals surface area contributed by atoms with Crippen molar-refractivity contribution in [1.82, 2.24) is 14.5 Å². The molecule has 0 bridgehead atoms. The lowest BCUT2D eigenvalue weighted by Gasteiger charge is -2.24. The van der Waals surface area contributed by atoms with Crippen LogP contribution in [0.4, 0.5) is 5.82 Å². The Morgan fingerprint density at radius 2 is 1.91 bits per heavy atom. The number of pyridine rings is 1. The third-order valence-electron chi connectivity index (χ3n) is 6.42. The van der Waals surface area contributed by atoms with Crippen LogP contribution in [0.15, 0.2) is 36.4 Å². The van der Waals surface area contributed by atoms with Crippen LogP contribution in [0.25, 0.3) is 21.9 Å². The highest BCUT2D eigenvalue weighted by molar-refractivity contribution is 6.07. The Kier molecular flexibility index (Phi) is 6.30. The predicted octanol–water partition coefficient (Wildman–Crippen LogP) is 5.50. The first kappa shape index (κ1) is 23.1. The topological polar surface area (TPSA) is 86.2 Å². The van der Waals surface area contributed by atoms with Gasteiger partial charge in [0.2, 0.25) is 0 Å². The van der Waals surface area contributed by atoms with Gasteiger partial charge in [0.15, 0.2) is 5.82 Å². The van der Waals surface area contributed by atoms with Gasteiger partial charge in [-0.25, -0.2) is 9.97 Å². The molecule has 0 spiro atoms. The summed E-state index contributed by atoms with van der Waals surface area (Å²) in [6, 6.07) is 12.1. The molecule has 174 valence electrons. The molecule has 0 aliphatic carbocycles. The number of methoxy groups -OCH3 is 1. The summed E-state index contributed by atoms with van der Waals surface area (Å²) in [4.78, 5) is 9.64. The first-order valence-corrected chi connectivity index (χ1v) is 11.6. The number of fused-ring (bicyclic) bond motifs is 3. The number of aromatic hydroxyl groups is 1. The molecule has 0 saturated heterocycles. The molecular formula is C27H34N4O2. The quantitative estimate of drug-likeness (QED) is 0.373. The second-order valence-corrected chi connectivity index (χ2v) is 9.58. The van der Waals surface area contributed by atoms with E-state index in [1.54, 1.807) is 13.2 Å². The van der Waals surface area contributed by atoms with Crippen molar-refractivity contribution in [3.05, 3.63) is 58.9 Å². The number of nitrogen functional groups attached to an aromatic ring is 1. The molecule has 0 aliphatic rings. The van der Waals surface area contributed by atoms with Gasteiger partial charge in [0.05, 0.1) is 17.6 Å². The van der Waals surface area contributed by atoms with Crippen LogP contribution in [0.2, 0.25) is 0 Å². The molecular weight excluding hydrogens is 412 g/mol. The van der Waals surface area contributed by atoms with Crippen molar-refractivity contribution in [3.63, 3.8) is 0 Å². The Morgan fingerprint density at radius 3 is 2.61 bits per heavy atom. The third-order valence-corrected chi connectivity index (χ3v) is 6.42. The Hall–Kier alpha value is -3.12. The van der Waals surface area contributed by atoms with Gasteiger partial charge in [0.1, 0.15) is 17.1 Å². The van der Waals surface area contributed by atoms with Crippen LogP contribution in [-0.4, -0.2) is 33.4 Å². The number of nitrogens with two attached hydrogens (primary N) is 1. The van der Waals surface area contributed by atoms with Gasteiger partial charge >= 0.3 is 0 Å². The molecule has 0 unspecified atom stereocenters. The van der Waals surface area contributed by atoms with E-state index in [9.17, 15) is 5.11 Å². The first-order valence-electron chi connectivity index (χ1n) is 11.6. The Labute approximate surface area is 195 Å². The summed E-state index contributed by atoms with van der Waals surface area (Å²) in [5.74, 6) is 1.78. The standard InChI is InChI=1S/C27H34N4O2/c1-6-7-8-23-30-24-25(31(23)15-18-9-12-22(32)17(2)13-18)20-14-19(27(3,4)16-33-5)10-11-21(20)29-26(24)28/h9-14,32H,6-8,15-16H2,1-5H3,(H2,28,29). The summed E-state index contributed by atoms with van der Waals surface area (Å²) in [7, 11) is 1.73. The molecule has 4 aromatic rings. The number of unbranched alkanes of at least 4 members (excludes halogenated alkanes) is 1. The summed E-state index contributed by atoms with van der Waals surface area (Å²) >= 11 is 0. The molecule has 6 heteroatoms. The number of rotatable bonds is 8. The van der Waals surface area contributed by atoms with Gasteiger partial charge in [-0.1, -0.05) is 45.4 Å². The second-order valence-electron chi connectivity index (χ2n) is 9.58. The van der Waals surface area contributed by atoms with Gasteiger partial charge in [-0.3, -0.25) is 0 Å². The summed E-state index contributed by atoms with van der Waals surface area (Å²) in [5, 5.41) is 11.0. The fourth-order valence-electron chi connectivity index (χ4n) is 4.52. The normalized spacial score (nSPS) is 12.2. The molecule has 3 N–H and O–H groups in total. The van der Waals surface area contributed by atoms with Gasteiger partial charge in [-0.05, 0) is 48.2 Å². The SMILES string of the molecule is CCCCc1nc2c(N)nc3ccc(C(C)(C)COC)cc3c2n1Cc1ccc(O)c(C)c1. The lowest BCUT2D eigenvalue weighted by molar-refractivity contribution is 0.147. The highest BCUT2D eigenvalue weighted by Gasteiger charge is 2.23. The van der Waals surface area contributed by atoms with Crippen LogP contribution in [0.5, 0.6) is 5.75 Å². The van der Waals surface area contributed by atoms with E-state index in [4.69, 9.17) is 15.5 Å².